The van der Waals surface area contributed by atoms with Crippen molar-refractivity contribution in [2.75, 3.05) is 11.4 Å². The lowest BCUT2D eigenvalue weighted by Gasteiger charge is -2.16. The van der Waals surface area contributed by atoms with Crippen LogP contribution in [0.25, 0.3) is 6.08 Å². The van der Waals surface area contributed by atoms with Gasteiger partial charge in [0.05, 0.1) is 6.26 Å². The van der Waals surface area contributed by atoms with Gasteiger partial charge in [-0.25, -0.2) is 0 Å². The zero-order chi connectivity index (χ0) is 16.1. The van der Waals surface area contributed by atoms with Gasteiger partial charge in [0.25, 0.3) is 0 Å². The molecule has 2 heterocycles. The number of hydrogen-bond donors (Lipinski definition) is 1. The van der Waals surface area contributed by atoms with Crippen molar-refractivity contribution in [3.05, 3.63) is 60.1 Å². The number of furan rings is 1. The highest BCUT2D eigenvalue weighted by atomic mass is 16.3. The van der Waals surface area contributed by atoms with Gasteiger partial charge in [0, 0.05) is 31.3 Å². The molecule has 1 saturated heterocycles. The number of carbonyl (C=O) groups is 2. The topological polar surface area (TPSA) is 62.6 Å². The van der Waals surface area contributed by atoms with E-state index in [0.29, 0.717) is 18.7 Å². The van der Waals surface area contributed by atoms with Crippen LogP contribution in [0.5, 0.6) is 0 Å². The third-order valence-electron chi connectivity index (χ3n) is 3.70. The zero-order valence-electron chi connectivity index (χ0n) is 12.7. The molecule has 1 aliphatic rings. The molecule has 0 atom stereocenters. The molecule has 0 spiro atoms. The van der Waals surface area contributed by atoms with Crippen molar-refractivity contribution >= 4 is 23.6 Å². The molecule has 1 aromatic carbocycles. The standard InChI is InChI=1S/C18H18N2O3/c21-17(9-8-16-6-3-11-23-16)19-13-14-4-1-5-15(12-14)20-10-2-7-18(20)22/h1,3-6,8-9,11-12H,2,7,10,13H2,(H,19,21)/b9-8+. The minimum Gasteiger partial charge on any atom is -0.465 e. The average molecular weight is 310 g/mol. The number of amides is 2. The number of anilines is 1. The molecule has 2 aromatic rings. The minimum absolute atomic E-state index is 0.160. The van der Waals surface area contributed by atoms with Crippen LogP contribution in [0.3, 0.4) is 0 Å². The maximum absolute atomic E-state index is 11.8. The van der Waals surface area contributed by atoms with Crippen molar-refractivity contribution in [3.63, 3.8) is 0 Å². The zero-order valence-corrected chi connectivity index (χ0v) is 12.7. The van der Waals surface area contributed by atoms with Crippen LogP contribution in [0.15, 0.2) is 53.2 Å². The second-order valence-electron chi connectivity index (χ2n) is 5.39. The fourth-order valence-corrected chi connectivity index (χ4v) is 2.55. The largest absolute Gasteiger partial charge is 0.465 e. The summed E-state index contributed by atoms with van der Waals surface area (Å²) in [6, 6.07) is 11.2. The molecule has 3 rings (SSSR count). The maximum atomic E-state index is 11.8. The SMILES string of the molecule is O=C(/C=C/c1ccco1)NCc1cccc(N2CCCC2=O)c1. The van der Waals surface area contributed by atoms with E-state index in [2.05, 4.69) is 5.32 Å². The molecular weight excluding hydrogens is 292 g/mol. The molecule has 5 heteroatoms. The van der Waals surface area contributed by atoms with Crippen molar-refractivity contribution in [3.8, 4) is 0 Å². The minimum atomic E-state index is -0.191. The van der Waals surface area contributed by atoms with Gasteiger partial charge in [-0.05, 0) is 42.3 Å². The van der Waals surface area contributed by atoms with E-state index in [0.717, 1.165) is 24.2 Å². The van der Waals surface area contributed by atoms with E-state index in [-0.39, 0.29) is 11.8 Å². The predicted molar refractivity (Wildman–Crippen MR) is 87.6 cm³/mol. The van der Waals surface area contributed by atoms with Crippen LogP contribution in [0.1, 0.15) is 24.2 Å². The smallest absolute Gasteiger partial charge is 0.244 e. The number of benzene rings is 1. The summed E-state index contributed by atoms with van der Waals surface area (Å²) in [5.74, 6) is 0.603. The molecular formula is C18H18N2O3. The van der Waals surface area contributed by atoms with E-state index in [1.165, 1.54) is 6.08 Å². The monoisotopic (exact) mass is 310 g/mol. The second kappa shape index (κ2) is 6.96. The molecule has 1 N–H and O–H groups in total. The number of rotatable bonds is 5. The Morgan fingerprint density at radius 1 is 1.30 bits per heavy atom. The lowest BCUT2D eigenvalue weighted by atomic mass is 10.2. The Balaban J connectivity index is 1.58. The summed E-state index contributed by atoms with van der Waals surface area (Å²) in [6.45, 7) is 1.18. The first-order valence-electron chi connectivity index (χ1n) is 7.61. The Morgan fingerprint density at radius 3 is 2.96 bits per heavy atom. The first kappa shape index (κ1) is 15.1. The average Bonchev–Trinajstić information content (AvgIpc) is 3.22. The summed E-state index contributed by atoms with van der Waals surface area (Å²) in [4.78, 5) is 25.4. The maximum Gasteiger partial charge on any atom is 0.244 e. The first-order valence-corrected chi connectivity index (χ1v) is 7.61. The quantitative estimate of drug-likeness (QED) is 0.864. The third-order valence-corrected chi connectivity index (χ3v) is 3.70. The Morgan fingerprint density at radius 2 is 2.22 bits per heavy atom. The van der Waals surface area contributed by atoms with E-state index in [1.54, 1.807) is 29.4 Å². The summed E-state index contributed by atoms with van der Waals surface area (Å²) < 4.78 is 5.13. The van der Waals surface area contributed by atoms with Gasteiger partial charge >= 0.3 is 0 Å². The molecule has 118 valence electrons. The summed E-state index contributed by atoms with van der Waals surface area (Å²) in [5.41, 5.74) is 1.85. The molecule has 1 fully saturated rings. The van der Waals surface area contributed by atoms with Crippen molar-refractivity contribution in [2.24, 2.45) is 0 Å². The molecule has 0 aliphatic carbocycles. The summed E-state index contributed by atoms with van der Waals surface area (Å²) >= 11 is 0. The van der Waals surface area contributed by atoms with E-state index >= 15 is 0 Å². The lowest BCUT2D eigenvalue weighted by Crippen LogP contribution is -2.24. The van der Waals surface area contributed by atoms with Gasteiger partial charge in [0.15, 0.2) is 0 Å². The van der Waals surface area contributed by atoms with Crippen molar-refractivity contribution in [2.45, 2.75) is 19.4 Å². The van der Waals surface area contributed by atoms with Gasteiger partial charge < -0.3 is 14.6 Å². The van der Waals surface area contributed by atoms with Crippen molar-refractivity contribution in [1.82, 2.24) is 5.32 Å². The number of nitrogens with one attached hydrogen (secondary N) is 1. The van der Waals surface area contributed by atoms with Crippen LogP contribution in [-0.2, 0) is 16.1 Å². The molecule has 23 heavy (non-hydrogen) atoms. The molecule has 1 aliphatic heterocycles. The van der Waals surface area contributed by atoms with Crippen LogP contribution in [-0.4, -0.2) is 18.4 Å². The van der Waals surface area contributed by atoms with Crippen molar-refractivity contribution in [1.29, 1.82) is 0 Å². The summed E-state index contributed by atoms with van der Waals surface area (Å²) in [7, 11) is 0. The van der Waals surface area contributed by atoms with Gasteiger partial charge in [-0.3, -0.25) is 9.59 Å². The molecule has 5 nitrogen and oxygen atoms in total. The van der Waals surface area contributed by atoms with E-state index < -0.39 is 0 Å². The third kappa shape index (κ3) is 3.88. The first-order chi connectivity index (χ1) is 11.2. The van der Waals surface area contributed by atoms with Crippen LogP contribution in [0.2, 0.25) is 0 Å². The van der Waals surface area contributed by atoms with Crippen LogP contribution in [0, 0.1) is 0 Å². The van der Waals surface area contributed by atoms with E-state index in [1.807, 2.05) is 24.3 Å². The fourth-order valence-electron chi connectivity index (χ4n) is 2.55. The summed E-state index contributed by atoms with van der Waals surface area (Å²) in [6.07, 6.45) is 6.12. The molecule has 0 radical (unpaired) electrons. The number of carbonyl (C=O) groups excluding carboxylic acids is 2. The highest BCUT2D eigenvalue weighted by Crippen LogP contribution is 2.22. The second-order valence-corrected chi connectivity index (χ2v) is 5.39. The van der Waals surface area contributed by atoms with Gasteiger partial charge in [0.2, 0.25) is 11.8 Å². The van der Waals surface area contributed by atoms with Gasteiger partial charge in [-0.15, -0.1) is 0 Å². The Hall–Kier alpha value is -2.82. The van der Waals surface area contributed by atoms with Gasteiger partial charge in [-0.2, -0.15) is 0 Å². The van der Waals surface area contributed by atoms with E-state index in [4.69, 9.17) is 4.42 Å². The fraction of sp³-hybridized carbons (Fsp3) is 0.222. The molecule has 2 amide bonds. The van der Waals surface area contributed by atoms with Crippen LogP contribution in [0.4, 0.5) is 5.69 Å². The Bertz CT molecular complexity index is 720. The van der Waals surface area contributed by atoms with Gasteiger partial charge in [-0.1, -0.05) is 12.1 Å². The van der Waals surface area contributed by atoms with Crippen LogP contribution >= 0.6 is 0 Å². The van der Waals surface area contributed by atoms with Gasteiger partial charge in [0.1, 0.15) is 5.76 Å². The molecule has 0 unspecified atom stereocenters. The summed E-state index contributed by atoms with van der Waals surface area (Å²) in [5, 5.41) is 2.82. The highest BCUT2D eigenvalue weighted by molar-refractivity contribution is 5.95. The molecule has 0 saturated carbocycles. The van der Waals surface area contributed by atoms with Crippen LogP contribution < -0.4 is 10.2 Å². The lowest BCUT2D eigenvalue weighted by molar-refractivity contribution is -0.117. The normalized spacial score (nSPS) is 14.6. The van der Waals surface area contributed by atoms with E-state index in [9.17, 15) is 9.59 Å². The molecule has 0 bridgehead atoms. The number of nitrogens with zero attached hydrogens (tertiary/aromatic N) is 1. The number of hydrogen-bond acceptors (Lipinski definition) is 3. The molecule has 1 aromatic heterocycles. The highest BCUT2D eigenvalue weighted by Gasteiger charge is 2.21. The predicted octanol–water partition coefficient (Wildman–Crippen LogP) is 2.74. The Kier molecular flexibility index (Phi) is 4.57. The Labute approximate surface area is 134 Å². The van der Waals surface area contributed by atoms with Crippen molar-refractivity contribution < 1.29 is 14.0 Å².